The van der Waals surface area contributed by atoms with Crippen molar-refractivity contribution in [2.75, 3.05) is 0 Å². The number of para-hydroxylation sites is 2. The maximum Gasteiger partial charge on any atom is 0.225 e. The van der Waals surface area contributed by atoms with Gasteiger partial charge in [0.2, 0.25) is 5.90 Å². The standard InChI is InChI=1S/C25H25NO2/c1-19(2)21-14-16-23(17-15-21)27-18-20(3)25(26-22-10-6-4-7-11-22)28-24-12-8-5-9-13-24/h4-19H,1-3H3/b20-18+,26-25?. The molecule has 0 aliphatic rings. The lowest BCUT2D eigenvalue weighted by atomic mass is 10.0. The average Bonchev–Trinajstić information content (AvgIpc) is 2.73. The quantitative estimate of drug-likeness (QED) is 0.268. The maximum absolute atomic E-state index is 6.02. The molecule has 3 heteroatoms. The summed E-state index contributed by atoms with van der Waals surface area (Å²) in [7, 11) is 0. The Morgan fingerprint density at radius 1 is 0.786 bits per heavy atom. The summed E-state index contributed by atoms with van der Waals surface area (Å²) in [6, 6.07) is 27.5. The van der Waals surface area contributed by atoms with Crippen molar-refractivity contribution in [2.24, 2.45) is 4.99 Å². The number of nitrogens with zero attached hydrogens (tertiary/aromatic N) is 1. The Morgan fingerprint density at radius 3 is 2.00 bits per heavy atom. The van der Waals surface area contributed by atoms with Crippen LogP contribution in [0.4, 0.5) is 5.69 Å². The lowest BCUT2D eigenvalue weighted by Gasteiger charge is -2.11. The normalized spacial score (nSPS) is 12.1. The van der Waals surface area contributed by atoms with Crippen LogP contribution >= 0.6 is 0 Å². The fraction of sp³-hybridized carbons (Fsp3) is 0.160. The molecule has 0 spiro atoms. The molecular formula is C25H25NO2. The Kier molecular flexibility index (Phi) is 6.64. The maximum atomic E-state index is 6.02. The van der Waals surface area contributed by atoms with Gasteiger partial charge in [-0.1, -0.05) is 62.4 Å². The van der Waals surface area contributed by atoms with Crippen LogP contribution in [0.3, 0.4) is 0 Å². The Morgan fingerprint density at radius 2 is 1.39 bits per heavy atom. The molecule has 142 valence electrons. The Hall–Kier alpha value is -3.33. The molecule has 3 rings (SSSR count). The second-order valence-corrected chi connectivity index (χ2v) is 6.81. The first-order valence-electron chi connectivity index (χ1n) is 9.42. The van der Waals surface area contributed by atoms with Crippen LogP contribution in [-0.2, 0) is 0 Å². The topological polar surface area (TPSA) is 30.8 Å². The first-order valence-corrected chi connectivity index (χ1v) is 9.42. The molecule has 0 amide bonds. The van der Waals surface area contributed by atoms with E-state index in [0.29, 0.717) is 11.8 Å². The minimum absolute atomic E-state index is 0.496. The molecule has 0 radical (unpaired) electrons. The Labute approximate surface area is 167 Å². The van der Waals surface area contributed by atoms with E-state index in [4.69, 9.17) is 9.47 Å². The first kappa shape index (κ1) is 19.4. The van der Waals surface area contributed by atoms with Crippen LogP contribution < -0.4 is 9.47 Å². The highest BCUT2D eigenvalue weighted by Crippen LogP contribution is 2.20. The monoisotopic (exact) mass is 371 g/mol. The molecule has 0 fully saturated rings. The number of benzene rings is 3. The van der Waals surface area contributed by atoms with E-state index in [2.05, 4.69) is 31.0 Å². The predicted octanol–water partition coefficient (Wildman–Crippen LogP) is 6.90. The zero-order valence-electron chi connectivity index (χ0n) is 16.5. The Balaban J connectivity index is 1.82. The number of aliphatic imine (C=N–C) groups is 1. The third kappa shape index (κ3) is 5.58. The molecule has 0 bridgehead atoms. The van der Waals surface area contributed by atoms with Gasteiger partial charge < -0.3 is 9.47 Å². The number of hydrogen-bond acceptors (Lipinski definition) is 3. The van der Waals surface area contributed by atoms with Crippen LogP contribution in [0.1, 0.15) is 32.3 Å². The molecule has 0 N–H and O–H groups in total. The smallest absolute Gasteiger partial charge is 0.225 e. The van der Waals surface area contributed by atoms with E-state index in [0.717, 1.165) is 22.8 Å². The van der Waals surface area contributed by atoms with E-state index in [1.165, 1.54) is 5.56 Å². The van der Waals surface area contributed by atoms with Crippen molar-refractivity contribution < 1.29 is 9.47 Å². The van der Waals surface area contributed by atoms with E-state index < -0.39 is 0 Å². The van der Waals surface area contributed by atoms with Crippen LogP contribution in [0.5, 0.6) is 11.5 Å². The van der Waals surface area contributed by atoms with Crippen LogP contribution in [0.25, 0.3) is 0 Å². The van der Waals surface area contributed by atoms with Gasteiger partial charge in [-0.15, -0.1) is 0 Å². The lowest BCUT2D eigenvalue weighted by Crippen LogP contribution is -2.10. The molecular weight excluding hydrogens is 346 g/mol. The van der Waals surface area contributed by atoms with Crippen molar-refractivity contribution in [3.63, 3.8) is 0 Å². The number of ether oxygens (including phenoxy) is 2. The van der Waals surface area contributed by atoms with Crippen molar-refractivity contribution in [1.29, 1.82) is 0 Å². The van der Waals surface area contributed by atoms with Crippen LogP contribution in [0.2, 0.25) is 0 Å². The second-order valence-electron chi connectivity index (χ2n) is 6.81. The van der Waals surface area contributed by atoms with E-state index >= 15 is 0 Å². The molecule has 0 aliphatic heterocycles. The molecule has 3 aromatic rings. The SMILES string of the molecule is C/C(=C\Oc1ccc(C(C)C)cc1)C(=Nc1ccccc1)Oc1ccccc1. The minimum Gasteiger partial charge on any atom is -0.465 e. The zero-order valence-corrected chi connectivity index (χ0v) is 16.5. The van der Waals surface area contributed by atoms with Gasteiger partial charge in [0.1, 0.15) is 11.5 Å². The van der Waals surface area contributed by atoms with Gasteiger partial charge in [-0.05, 0) is 54.8 Å². The van der Waals surface area contributed by atoms with Crippen LogP contribution in [-0.4, -0.2) is 5.90 Å². The van der Waals surface area contributed by atoms with E-state index in [9.17, 15) is 0 Å². The van der Waals surface area contributed by atoms with Crippen LogP contribution in [0, 0.1) is 0 Å². The largest absolute Gasteiger partial charge is 0.465 e. The molecule has 0 atom stereocenters. The summed E-state index contributed by atoms with van der Waals surface area (Å²) in [5.74, 6) is 2.50. The van der Waals surface area contributed by atoms with E-state index in [-0.39, 0.29) is 0 Å². The second kappa shape index (κ2) is 9.56. The van der Waals surface area contributed by atoms with Gasteiger partial charge in [0.15, 0.2) is 0 Å². The predicted molar refractivity (Wildman–Crippen MR) is 116 cm³/mol. The van der Waals surface area contributed by atoms with Gasteiger partial charge in [0.05, 0.1) is 11.9 Å². The molecule has 0 aromatic heterocycles. The van der Waals surface area contributed by atoms with Gasteiger partial charge in [-0.3, -0.25) is 0 Å². The highest BCUT2D eigenvalue weighted by atomic mass is 16.5. The van der Waals surface area contributed by atoms with Gasteiger partial charge in [0.25, 0.3) is 0 Å². The zero-order chi connectivity index (χ0) is 19.8. The molecule has 3 aromatic carbocycles. The highest BCUT2D eigenvalue weighted by molar-refractivity contribution is 5.96. The van der Waals surface area contributed by atoms with Gasteiger partial charge in [-0.2, -0.15) is 0 Å². The highest BCUT2D eigenvalue weighted by Gasteiger charge is 2.08. The fourth-order valence-corrected chi connectivity index (χ4v) is 2.55. The number of hydrogen-bond donors (Lipinski definition) is 0. The Bertz CT molecular complexity index is 927. The summed E-state index contributed by atoms with van der Waals surface area (Å²) in [6.07, 6.45) is 1.68. The van der Waals surface area contributed by atoms with Crippen LogP contribution in [0.15, 0.2) is 102 Å². The molecule has 0 saturated carbocycles. The molecule has 0 aliphatic carbocycles. The van der Waals surface area contributed by atoms with Crippen molar-refractivity contribution in [1.82, 2.24) is 0 Å². The molecule has 0 saturated heterocycles. The first-order chi connectivity index (χ1) is 13.6. The molecule has 3 nitrogen and oxygen atoms in total. The third-order valence-corrected chi connectivity index (χ3v) is 4.20. The summed E-state index contributed by atoms with van der Waals surface area (Å²) in [5, 5.41) is 0. The lowest BCUT2D eigenvalue weighted by molar-refractivity contribution is 0.473. The molecule has 0 heterocycles. The average molecular weight is 371 g/mol. The van der Waals surface area contributed by atoms with E-state index in [1.807, 2.05) is 79.7 Å². The van der Waals surface area contributed by atoms with E-state index in [1.54, 1.807) is 6.26 Å². The van der Waals surface area contributed by atoms with Gasteiger partial charge in [-0.25, -0.2) is 4.99 Å². The van der Waals surface area contributed by atoms with Gasteiger partial charge >= 0.3 is 0 Å². The summed E-state index contributed by atoms with van der Waals surface area (Å²) in [4.78, 5) is 4.65. The number of rotatable bonds is 6. The minimum atomic E-state index is 0.496. The summed E-state index contributed by atoms with van der Waals surface area (Å²) in [6.45, 7) is 6.27. The van der Waals surface area contributed by atoms with Crippen molar-refractivity contribution in [3.8, 4) is 11.5 Å². The fourth-order valence-electron chi connectivity index (χ4n) is 2.55. The molecule has 0 unspecified atom stereocenters. The van der Waals surface area contributed by atoms with Crippen molar-refractivity contribution in [2.45, 2.75) is 26.7 Å². The molecule has 28 heavy (non-hydrogen) atoms. The third-order valence-electron chi connectivity index (χ3n) is 4.20. The summed E-state index contributed by atoms with van der Waals surface area (Å²) < 4.78 is 11.9. The van der Waals surface area contributed by atoms with Gasteiger partial charge in [0, 0.05) is 5.57 Å². The van der Waals surface area contributed by atoms with Crippen molar-refractivity contribution in [3.05, 3.63) is 102 Å². The summed E-state index contributed by atoms with van der Waals surface area (Å²) in [5.41, 5.74) is 2.90. The van der Waals surface area contributed by atoms with Crippen molar-refractivity contribution >= 4 is 11.6 Å². The summed E-state index contributed by atoms with van der Waals surface area (Å²) >= 11 is 0.